The summed E-state index contributed by atoms with van der Waals surface area (Å²) in [6.07, 6.45) is 6.41. The van der Waals surface area contributed by atoms with Gasteiger partial charge in [-0.15, -0.1) is 11.3 Å². The van der Waals surface area contributed by atoms with E-state index in [1.807, 2.05) is 39.8 Å². The lowest BCUT2D eigenvalue weighted by molar-refractivity contribution is 0.0991. The van der Waals surface area contributed by atoms with Crippen molar-refractivity contribution >= 4 is 69.1 Å². The fourth-order valence-electron chi connectivity index (χ4n) is 7.11. The van der Waals surface area contributed by atoms with Crippen LogP contribution in [0.25, 0.3) is 22.2 Å². The number of primary amides is 2. The van der Waals surface area contributed by atoms with Gasteiger partial charge in [-0.3, -0.25) is 39.1 Å². The molecule has 0 atom stereocenters. The van der Waals surface area contributed by atoms with Gasteiger partial charge in [-0.05, 0) is 57.9 Å². The van der Waals surface area contributed by atoms with Crippen molar-refractivity contribution in [1.29, 1.82) is 0 Å². The Hall–Kier alpha value is -6.51. The minimum atomic E-state index is -0.659. The lowest BCUT2D eigenvalue weighted by atomic mass is 10.1. The highest BCUT2D eigenvalue weighted by atomic mass is 32.1. The number of carbonyl (C=O) groups excluding carboxylic acids is 4. The number of allylic oxidation sites excluding steroid dienone is 2. The third kappa shape index (κ3) is 9.04. The molecule has 0 unspecified atom stereocenters. The van der Waals surface area contributed by atoms with Crippen molar-refractivity contribution in [3.8, 4) is 5.75 Å². The Morgan fingerprint density at radius 1 is 0.883 bits per heavy atom. The number of pyridine rings is 1. The number of carbonyl (C=O) groups is 4. The second-order valence-corrected chi connectivity index (χ2v) is 15.5. The van der Waals surface area contributed by atoms with E-state index < -0.39 is 17.7 Å². The van der Waals surface area contributed by atoms with Crippen molar-refractivity contribution in [2.24, 2.45) is 11.5 Å². The van der Waals surface area contributed by atoms with Gasteiger partial charge in [0, 0.05) is 64.1 Å². The van der Waals surface area contributed by atoms with Crippen LogP contribution in [0.1, 0.15) is 77.5 Å². The minimum Gasteiger partial charge on any atom is -0.491 e. The van der Waals surface area contributed by atoms with Gasteiger partial charge >= 0.3 is 0 Å². The molecule has 314 valence electrons. The maximum absolute atomic E-state index is 13.8. The molecule has 1 fully saturated rings. The molecule has 1 aliphatic rings. The average molecular weight is 837 g/mol. The Bertz CT molecular complexity index is 2610. The summed E-state index contributed by atoms with van der Waals surface area (Å²) >= 11 is 1.29. The molecule has 0 spiro atoms. The average Bonchev–Trinajstić information content (AvgIpc) is 4.00. The normalized spacial score (nSPS) is 13.4. The summed E-state index contributed by atoms with van der Waals surface area (Å²) in [5, 5.41) is 14.4. The summed E-state index contributed by atoms with van der Waals surface area (Å²) in [7, 11) is 0. The molecule has 0 aliphatic carbocycles. The topological polar surface area (TPSA) is 248 Å². The van der Waals surface area contributed by atoms with E-state index in [0.29, 0.717) is 69.5 Å². The van der Waals surface area contributed by atoms with Crippen LogP contribution in [0.15, 0.2) is 42.6 Å². The van der Waals surface area contributed by atoms with Crippen LogP contribution in [0.3, 0.4) is 0 Å². The summed E-state index contributed by atoms with van der Waals surface area (Å²) in [5.41, 5.74) is 15.2. The molecule has 6 aromatic rings. The SMILES string of the molecule is CCc1nc(C)sc1C(=O)Nc1nc2cc(C(N)=O)cnc2n1C/C=C/Cn1c(NC(=O)c2cc(C)nn2CC)nc2cc(C(N)=O)cc(OCCCN3CCNCC3)c21. The third-order valence-electron chi connectivity index (χ3n) is 10.0. The number of aryl methyl sites for hydroxylation is 4. The molecular weight excluding hydrogens is 789 g/mol. The lowest BCUT2D eigenvalue weighted by Gasteiger charge is -2.27. The number of ether oxygens (including phenoxy) is 1. The Morgan fingerprint density at radius 2 is 1.57 bits per heavy atom. The van der Waals surface area contributed by atoms with E-state index in [0.717, 1.165) is 44.2 Å². The van der Waals surface area contributed by atoms with E-state index in [9.17, 15) is 19.2 Å². The number of aromatic nitrogens is 8. The quantitative estimate of drug-likeness (QED) is 0.0656. The van der Waals surface area contributed by atoms with Crippen molar-refractivity contribution in [3.63, 3.8) is 0 Å². The van der Waals surface area contributed by atoms with Gasteiger partial charge in [0.1, 0.15) is 27.4 Å². The Kier molecular flexibility index (Phi) is 12.6. The number of hydrogen-bond acceptors (Lipinski definition) is 13. The Labute approximate surface area is 349 Å². The molecule has 1 aromatic carbocycles. The fourth-order valence-corrected chi connectivity index (χ4v) is 8.02. The van der Waals surface area contributed by atoms with Gasteiger partial charge in [-0.1, -0.05) is 19.1 Å². The molecule has 1 saturated heterocycles. The highest BCUT2D eigenvalue weighted by molar-refractivity contribution is 7.13. The molecule has 7 rings (SSSR count). The van der Waals surface area contributed by atoms with Crippen molar-refractivity contribution < 1.29 is 23.9 Å². The second-order valence-electron chi connectivity index (χ2n) is 14.3. The van der Waals surface area contributed by atoms with E-state index in [-0.39, 0.29) is 42.0 Å². The summed E-state index contributed by atoms with van der Waals surface area (Å²) in [6.45, 7) is 13.4. The molecular formula is C40H48N14O5S. The van der Waals surface area contributed by atoms with Crippen LogP contribution in [-0.4, -0.2) is 107 Å². The van der Waals surface area contributed by atoms with Crippen LogP contribution in [0.5, 0.6) is 5.75 Å². The van der Waals surface area contributed by atoms with Crippen LogP contribution < -0.4 is 32.2 Å². The van der Waals surface area contributed by atoms with Crippen molar-refractivity contribution in [3.05, 3.63) is 80.7 Å². The molecule has 0 saturated carbocycles. The van der Waals surface area contributed by atoms with Crippen LogP contribution in [0, 0.1) is 13.8 Å². The summed E-state index contributed by atoms with van der Waals surface area (Å²) in [4.78, 5) is 73.0. The first kappa shape index (κ1) is 41.6. The molecule has 7 N–H and O–H groups in total. The first-order valence-electron chi connectivity index (χ1n) is 19.8. The van der Waals surface area contributed by atoms with E-state index in [1.54, 1.807) is 32.0 Å². The predicted molar refractivity (Wildman–Crippen MR) is 228 cm³/mol. The minimum absolute atomic E-state index is 0.173. The summed E-state index contributed by atoms with van der Waals surface area (Å²) in [6, 6.07) is 6.41. The van der Waals surface area contributed by atoms with Gasteiger partial charge in [-0.2, -0.15) is 5.10 Å². The smallest absolute Gasteiger partial charge is 0.276 e. The number of hydrogen-bond donors (Lipinski definition) is 5. The van der Waals surface area contributed by atoms with Gasteiger partial charge in [0.05, 0.1) is 34.1 Å². The molecule has 60 heavy (non-hydrogen) atoms. The molecule has 4 amide bonds. The van der Waals surface area contributed by atoms with Gasteiger partial charge in [0.25, 0.3) is 11.8 Å². The maximum atomic E-state index is 13.8. The molecule has 1 aliphatic heterocycles. The van der Waals surface area contributed by atoms with E-state index >= 15 is 0 Å². The van der Waals surface area contributed by atoms with Crippen LogP contribution in [0.4, 0.5) is 11.9 Å². The van der Waals surface area contributed by atoms with E-state index in [1.165, 1.54) is 23.6 Å². The van der Waals surface area contributed by atoms with Crippen LogP contribution in [0.2, 0.25) is 0 Å². The number of nitrogens with two attached hydrogens (primary N) is 2. The van der Waals surface area contributed by atoms with Crippen LogP contribution >= 0.6 is 11.3 Å². The van der Waals surface area contributed by atoms with E-state index in [2.05, 4.69) is 40.9 Å². The third-order valence-corrected chi connectivity index (χ3v) is 11.0. The lowest BCUT2D eigenvalue weighted by Crippen LogP contribution is -2.43. The van der Waals surface area contributed by atoms with Crippen molar-refractivity contribution in [1.82, 2.24) is 49.1 Å². The van der Waals surface area contributed by atoms with E-state index in [4.69, 9.17) is 21.2 Å². The molecule has 6 heterocycles. The molecule has 0 bridgehead atoms. The first-order valence-corrected chi connectivity index (χ1v) is 20.6. The van der Waals surface area contributed by atoms with Gasteiger partial charge < -0.3 is 31.0 Å². The summed E-state index contributed by atoms with van der Waals surface area (Å²) < 4.78 is 11.5. The maximum Gasteiger partial charge on any atom is 0.276 e. The predicted octanol–water partition coefficient (Wildman–Crippen LogP) is 3.27. The number of imidazole rings is 2. The number of thiazole rings is 1. The van der Waals surface area contributed by atoms with Crippen molar-refractivity contribution in [2.75, 3.05) is 50.0 Å². The molecule has 19 nitrogen and oxygen atoms in total. The molecule has 20 heteroatoms. The fraction of sp³-hybridized carbons (Fsp3) is 0.375. The largest absolute Gasteiger partial charge is 0.491 e. The highest BCUT2D eigenvalue weighted by Crippen LogP contribution is 2.32. The number of piperazine rings is 1. The Balaban J connectivity index is 1.22. The second kappa shape index (κ2) is 18.2. The molecule has 0 radical (unpaired) electrons. The standard InChI is InChI=1S/C40H48N14O5S/c1-5-27-33(60-24(4)45-27)38(58)49-40-47-29-20-26(35(42)56)22-44-36(29)53(40)14-8-7-13-52-32-28(46-39(52)48-37(57)30-18-23(3)50-54(30)6-2)19-25(34(41)55)21-31(32)59-17-9-12-51-15-10-43-11-16-51/h7-8,18-22,43H,5-6,9-17H2,1-4H3,(H2,41,55)(H2,42,56)(H,46,48,57)(H,47,49,58)/b8-7+. The number of amides is 4. The Morgan fingerprint density at radius 3 is 2.28 bits per heavy atom. The zero-order valence-corrected chi connectivity index (χ0v) is 34.8. The van der Waals surface area contributed by atoms with Gasteiger partial charge in [0.15, 0.2) is 5.65 Å². The first-order chi connectivity index (χ1) is 28.9. The zero-order chi connectivity index (χ0) is 42.5. The zero-order valence-electron chi connectivity index (χ0n) is 33.9. The number of nitrogens with zero attached hydrogens (tertiary/aromatic N) is 9. The summed E-state index contributed by atoms with van der Waals surface area (Å²) in [5.74, 6) is -1.28. The molecule has 5 aromatic heterocycles. The monoisotopic (exact) mass is 836 g/mol. The number of rotatable bonds is 17. The number of anilines is 2. The van der Waals surface area contributed by atoms with Gasteiger partial charge in [-0.25, -0.2) is 19.9 Å². The highest BCUT2D eigenvalue weighted by Gasteiger charge is 2.23. The number of nitrogens with one attached hydrogen (secondary N) is 3. The number of fused-ring (bicyclic) bond motifs is 2. The number of benzene rings is 1. The van der Waals surface area contributed by atoms with Gasteiger partial charge in [0.2, 0.25) is 23.7 Å². The van der Waals surface area contributed by atoms with Crippen LogP contribution in [-0.2, 0) is 26.1 Å². The van der Waals surface area contributed by atoms with Crippen molar-refractivity contribution in [2.45, 2.75) is 60.2 Å².